The van der Waals surface area contributed by atoms with Crippen molar-refractivity contribution in [2.24, 2.45) is 0 Å². The molecule has 1 aliphatic rings. The first-order valence-electron chi connectivity index (χ1n) is 6.03. The van der Waals surface area contributed by atoms with Crippen molar-refractivity contribution in [1.29, 1.82) is 0 Å². The predicted octanol–water partition coefficient (Wildman–Crippen LogP) is 0.948. The van der Waals surface area contributed by atoms with Crippen LogP contribution in [-0.2, 0) is 6.42 Å². The molecule has 3 rings (SSSR count). The molecule has 1 aliphatic heterocycles. The van der Waals surface area contributed by atoms with Gasteiger partial charge in [0.25, 0.3) is 0 Å². The maximum absolute atomic E-state index is 5.86. The average Bonchev–Trinajstić information content (AvgIpc) is 2.87. The molecule has 0 spiro atoms. The summed E-state index contributed by atoms with van der Waals surface area (Å²) in [5.74, 6) is 0.640. The third kappa shape index (κ3) is 1.86. The number of nitrogens with zero attached hydrogens (tertiary/aromatic N) is 4. The van der Waals surface area contributed by atoms with Gasteiger partial charge in [-0.1, -0.05) is 0 Å². The number of nitrogen functional groups attached to an aromatic ring is 1. The Morgan fingerprint density at radius 1 is 1.53 bits per heavy atom. The molecule has 3 heterocycles. The smallest absolute Gasteiger partial charge is 0.157 e. The minimum Gasteiger partial charge on any atom is -0.384 e. The summed E-state index contributed by atoms with van der Waals surface area (Å²) < 4.78 is 1.71. The fraction of sp³-hybridized carbons (Fsp3) is 0.500. The number of anilines is 1. The highest BCUT2D eigenvalue weighted by molar-refractivity contribution is 5.46. The van der Waals surface area contributed by atoms with Crippen molar-refractivity contribution in [3.8, 4) is 0 Å². The molecule has 90 valence electrons. The highest BCUT2D eigenvalue weighted by atomic mass is 15.3. The molecule has 0 aliphatic carbocycles. The number of likely N-dealkylation sites (tertiary alicyclic amines) is 1. The highest BCUT2D eigenvalue weighted by Crippen LogP contribution is 2.19. The van der Waals surface area contributed by atoms with E-state index in [4.69, 9.17) is 5.73 Å². The predicted molar refractivity (Wildman–Crippen MR) is 66.8 cm³/mol. The molecule has 0 saturated carbocycles. The van der Waals surface area contributed by atoms with Crippen LogP contribution in [0.3, 0.4) is 0 Å². The Morgan fingerprint density at radius 3 is 3.12 bits per heavy atom. The maximum Gasteiger partial charge on any atom is 0.157 e. The molecule has 0 amide bonds. The zero-order valence-corrected chi connectivity index (χ0v) is 10.0. The van der Waals surface area contributed by atoms with Crippen molar-refractivity contribution in [2.75, 3.05) is 19.3 Å². The van der Waals surface area contributed by atoms with Crippen molar-refractivity contribution in [2.45, 2.75) is 25.3 Å². The number of likely N-dealkylation sites (N-methyl/N-ethyl adjacent to an activating group) is 1. The molecule has 17 heavy (non-hydrogen) atoms. The van der Waals surface area contributed by atoms with E-state index >= 15 is 0 Å². The van der Waals surface area contributed by atoms with Crippen molar-refractivity contribution >= 4 is 11.5 Å². The Hall–Kier alpha value is -1.62. The van der Waals surface area contributed by atoms with Gasteiger partial charge in [-0.25, -0.2) is 4.98 Å². The molecule has 2 aromatic heterocycles. The van der Waals surface area contributed by atoms with E-state index in [1.165, 1.54) is 19.4 Å². The van der Waals surface area contributed by atoms with Crippen molar-refractivity contribution in [3.63, 3.8) is 0 Å². The molecule has 5 heteroatoms. The summed E-state index contributed by atoms with van der Waals surface area (Å²) >= 11 is 0. The van der Waals surface area contributed by atoms with E-state index in [2.05, 4.69) is 22.0 Å². The van der Waals surface area contributed by atoms with E-state index in [0.29, 0.717) is 11.9 Å². The minimum atomic E-state index is 0.612. The fourth-order valence-electron chi connectivity index (χ4n) is 2.54. The highest BCUT2D eigenvalue weighted by Gasteiger charge is 2.22. The van der Waals surface area contributed by atoms with Gasteiger partial charge in [0.05, 0.1) is 5.69 Å². The van der Waals surface area contributed by atoms with Crippen LogP contribution in [0.15, 0.2) is 18.3 Å². The molecule has 5 nitrogen and oxygen atoms in total. The number of nitrogens with two attached hydrogens (primary N) is 1. The summed E-state index contributed by atoms with van der Waals surface area (Å²) in [6, 6.07) is 4.41. The first-order valence-corrected chi connectivity index (χ1v) is 6.03. The quantitative estimate of drug-likeness (QED) is 0.836. The lowest BCUT2D eigenvalue weighted by Crippen LogP contribution is -2.26. The maximum atomic E-state index is 5.86. The second kappa shape index (κ2) is 4.00. The van der Waals surface area contributed by atoms with Crippen LogP contribution in [0.5, 0.6) is 0 Å². The molecule has 0 radical (unpaired) electrons. The topological polar surface area (TPSA) is 59.5 Å². The second-order valence-electron chi connectivity index (χ2n) is 4.76. The standard InChI is InChI=1S/C12H17N5/c1-16-6-2-3-10(16)7-9-8-12-14-5-4-11(13)17(12)15-9/h4-5,8,10H,2-3,6-7,13H2,1H3. The summed E-state index contributed by atoms with van der Waals surface area (Å²) in [5, 5.41) is 4.51. The van der Waals surface area contributed by atoms with E-state index in [-0.39, 0.29) is 0 Å². The van der Waals surface area contributed by atoms with Crippen molar-refractivity contribution in [1.82, 2.24) is 19.5 Å². The van der Waals surface area contributed by atoms with Gasteiger partial charge in [0.15, 0.2) is 5.65 Å². The summed E-state index contributed by atoms with van der Waals surface area (Å²) in [6.07, 6.45) is 5.25. The van der Waals surface area contributed by atoms with E-state index in [9.17, 15) is 0 Å². The van der Waals surface area contributed by atoms with E-state index in [1.54, 1.807) is 16.8 Å². The summed E-state index contributed by atoms with van der Waals surface area (Å²) in [5.41, 5.74) is 7.77. The van der Waals surface area contributed by atoms with Gasteiger partial charge in [-0.2, -0.15) is 9.61 Å². The Bertz CT molecular complexity index is 533. The van der Waals surface area contributed by atoms with Crippen LogP contribution >= 0.6 is 0 Å². The molecule has 1 saturated heterocycles. The summed E-state index contributed by atoms with van der Waals surface area (Å²) in [7, 11) is 2.18. The van der Waals surface area contributed by atoms with Gasteiger partial charge in [-0.3, -0.25) is 0 Å². The van der Waals surface area contributed by atoms with E-state index in [1.807, 2.05) is 6.07 Å². The number of fused-ring (bicyclic) bond motifs is 1. The molecule has 0 bridgehead atoms. The van der Waals surface area contributed by atoms with Gasteiger partial charge >= 0.3 is 0 Å². The second-order valence-corrected chi connectivity index (χ2v) is 4.76. The first kappa shape index (κ1) is 10.5. The third-order valence-electron chi connectivity index (χ3n) is 3.55. The largest absolute Gasteiger partial charge is 0.384 e. The number of rotatable bonds is 2. The van der Waals surface area contributed by atoms with Crippen molar-refractivity contribution in [3.05, 3.63) is 24.0 Å². The van der Waals surface area contributed by atoms with E-state index < -0.39 is 0 Å². The van der Waals surface area contributed by atoms with Crippen molar-refractivity contribution < 1.29 is 0 Å². The van der Waals surface area contributed by atoms with Gasteiger partial charge in [-0.05, 0) is 32.5 Å². The SMILES string of the molecule is CN1CCCC1Cc1cc2nccc(N)n2n1. The number of hydrogen-bond acceptors (Lipinski definition) is 4. The minimum absolute atomic E-state index is 0.612. The van der Waals surface area contributed by atoms with Gasteiger partial charge in [0, 0.05) is 24.7 Å². The lowest BCUT2D eigenvalue weighted by atomic mass is 10.1. The Morgan fingerprint density at radius 2 is 2.41 bits per heavy atom. The van der Waals surface area contributed by atoms with Crippen LogP contribution in [0.2, 0.25) is 0 Å². The molecule has 2 N–H and O–H groups in total. The van der Waals surface area contributed by atoms with Crippen LogP contribution in [0.4, 0.5) is 5.82 Å². The lowest BCUT2D eigenvalue weighted by Gasteiger charge is -2.17. The normalized spacial score (nSPS) is 21.4. The van der Waals surface area contributed by atoms with Crippen LogP contribution < -0.4 is 5.73 Å². The van der Waals surface area contributed by atoms with Gasteiger partial charge in [-0.15, -0.1) is 0 Å². The Kier molecular flexibility index (Phi) is 2.48. The van der Waals surface area contributed by atoms with Gasteiger partial charge in [0.2, 0.25) is 0 Å². The van der Waals surface area contributed by atoms with Crippen LogP contribution in [-0.4, -0.2) is 39.1 Å². The molecular weight excluding hydrogens is 214 g/mol. The molecular formula is C12H17N5. The monoisotopic (exact) mass is 231 g/mol. The van der Waals surface area contributed by atoms with Gasteiger partial charge < -0.3 is 10.6 Å². The Balaban J connectivity index is 1.88. The molecule has 1 fully saturated rings. The first-order chi connectivity index (χ1) is 8.24. The van der Waals surface area contributed by atoms with Crippen LogP contribution in [0.1, 0.15) is 18.5 Å². The fourth-order valence-corrected chi connectivity index (χ4v) is 2.54. The summed E-state index contributed by atoms with van der Waals surface area (Å²) in [6.45, 7) is 1.19. The molecule has 2 aromatic rings. The number of aromatic nitrogens is 3. The van der Waals surface area contributed by atoms with E-state index in [0.717, 1.165) is 17.8 Å². The molecule has 1 unspecified atom stereocenters. The number of hydrogen-bond donors (Lipinski definition) is 1. The van der Waals surface area contributed by atoms with Gasteiger partial charge in [0.1, 0.15) is 5.82 Å². The van der Waals surface area contributed by atoms with Crippen LogP contribution in [0, 0.1) is 0 Å². The molecule has 1 atom stereocenters. The average molecular weight is 231 g/mol. The van der Waals surface area contributed by atoms with Crippen LogP contribution in [0.25, 0.3) is 5.65 Å². The third-order valence-corrected chi connectivity index (χ3v) is 3.55. The Labute approximate surface area is 100 Å². The zero-order chi connectivity index (χ0) is 11.8. The zero-order valence-electron chi connectivity index (χ0n) is 10.0. The molecule has 0 aromatic carbocycles. The lowest BCUT2D eigenvalue weighted by molar-refractivity contribution is 0.307. The summed E-state index contributed by atoms with van der Waals surface area (Å²) in [4.78, 5) is 6.67.